The topological polar surface area (TPSA) is 64.1 Å². The average Bonchev–Trinajstić information content (AvgIpc) is 1.85. The molecule has 0 spiro atoms. The van der Waals surface area contributed by atoms with Crippen LogP contribution in [0.1, 0.15) is 0 Å². The van der Waals surface area contributed by atoms with Crippen molar-refractivity contribution in [3.8, 4) is 0 Å². The van der Waals surface area contributed by atoms with Crippen LogP contribution in [-0.4, -0.2) is 15.2 Å². The monoisotopic (exact) mass is 177 g/mol. The third-order valence-corrected chi connectivity index (χ3v) is 1.29. The van der Waals surface area contributed by atoms with Crippen molar-refractivity contribution in [1.29, 1.82) is 0 Å². The van der Waals surface area contributed by atoms with Gasteiger partial charge in [-0.2, -0.15) is 0 Å². The van der Waals surface area contributed by atoms with E-state index in [0.717, 1.165) is 0 Å². The molecule has 0 aromatic carbocycles. The van der Waals surface area contributed by atoms with Gasteiger partial charge < -0.3 is 10.9 Å². The lowest BCUT2D eigenvalue weighted by Crippen LogP contribution is -1.91. The van der Waals surface area contributed by atoms with Crippen LogP contribution in [-0.2, 0) is 0 Å². The molecule has 0 bridgehead atoms. The van der Waals surface area contributed by atoms with E-state index in [0.29, 0.717) is 9.32 Å². The van der Waals surface area contributed by atoms with E-state index in [1.807, 2.05) is 0 Å². The Kier molecular flexibility index (Phi) is 1.13. The normalized spacial score (nSPS) is 9.62. The second-order valence-corrected chi connectivity index (χ2v) is 2.14. The Morgan fingerprint density at radius 2 is 2.50 bits per heavy atom. The van der Waals surface area contributed by atoms with E-state index in [-0.39, 0.29) is 5.82 Å². The molecule has 0 fully saturated rings. The van der Waals surface area contributed by atoms with Crippen molar-refractivity contribution in [1.82, 2.24) is 9.94 Å². The largest absolute Gasteiger partial charge is 0.412 e. The highest BCUT2D eigenvalue weighted by Crippen LogP contribution is 2.14. The molecule has 0 aliphatic carbocycles. The van der Waals surface area contributed by atoms with Gasteiger partial charge in [0.05, 0.1) is 10.7 Å². The first-order chi connectivity index (χ1) is 3.70. The Morgan fingerprint density at radius 1 is 1.88 bits per heavy atom. The van der Waals surface area contributed by atoms with Gasteiger partial charge in [0, 0.05) is 0 Å². The molecule has 1 rings (SSSR count). The van der Waals surface area contributed by atoms with Crippen molar-refractivity contribution >= 4 is 21.7 Å². The van der Waals surface area contributed by atoms with Crippen LogP contribution in [0.25, 0.3) is 0 Å². The molecule has 0 saturated carbocycles. The number of aromatic nitrogens is 2. The number of hydrogen-bond donors (Lipinski definition) is 2. The molecule has 0 aliphatic rings. The summed E-state index contributed by atoms with van der Waals surface area (Å²) in [5.74, 6) is 0.285. The van der Waals surface area contributed by atoms with Crippen LogP contribution in [0, 0.1) is 0 Å². The summed E-state index contributed by atoms with van der Waals surface area (Å²) in [6.07, 6.45) is 1.36. The van der Waals surface area contributed by atoms with E-state index >= 15 is 0 Å². The van der Waals surface area contributed by atoms with E-state index in [1.54, 1.807) is 0 Å². The van der Waals surface area contributed by atoms with Crippen molar-refractivity contribution in [2.24, 2.45) is 0 Å². The summed E-state index contributed by atoms with van der Waals surface area (Å²) in [4.78, 5) is 0.652. The van der Waals surface area contributed by atoms with Crippen LogP contribution in [0.4, 0.5) is 5.82 Å². The van der Waals surface area contributed by atoms with Gasteiger partial charge in [0.2, 0.25) is 0 Å². The molecule has 4 nitrogen and oxygen atoms in total. The number of anilines is 1. The first kappa shape index (κ1) is 5.43. The minimum absolute atomic E-state index is 0.285. The zero-order valence-corrected chi connectivity index (χ0v) is 5.46. The summed E-state index contributed by atoms with van der Waals surface area (Å²) >= 11 is 3.05. The summed E-state index contributed by atoms with van der Waals surface area (Å²) in [5.41, 5.74) is 5.20. The Labute approximate surface area is 54.0 Å². The molecule has 1 aromatic heterocycles. The second-order valence-electron chi connectivity index (χ2n) is 1.28. The van der Waals surface area contributed by atoms with Gasteiger partial charge in [0.1, 0.15) is 0 Å². The van der Waals surface area contributed by atoms with Gasteiger partial charge in [0.15, 0.2) is 5.82 Å². The Bertz CT molecular complexity index is 177. The molecule has 0 aliphatic heterocycles. The van der Waals surface area contributed by atoms with Gasteiger partial charge in [-0.25, -0.2) is 0 Å². The zero-order valence-electron chi connectivity index (χ0n) is 3.87. The van der Waals surface area contributed by atoms with Crippen molar-refractivity contribution in [3.63, 3.8) is 0 Å². The summed E-state index contributed by atoms with van der Waals surface area (Å²) in [7, 11) is 0. The summed E-state index contributed by atoms with van der Waals surface area (Å²) < 4.78 is 0.597. The maximum absolute atomic E-state index is 8.53. The second kappa shape index (κ2) is 1.66. The van der Waals surface area contributed by atoms with Crippen LogP contribution in [0.5, 0.6) is 0 Å². The van der Waals surface area contributed by atoms with Crippen LogP contribution in [0.15, 0.2) is 10.7 Å². The SMILES string of the molecule is Nc1nn(O)cc1Br. The fourth-order valence-electron chi connectivity index (χ4n) is 0.355. The Balaban J connectivity index is 3.14. The van der Waals surface area contributed by atoms with Gasteiger partial charge in [-0.1, -0.05) is 0 Å². The average molecular weight is 178 g/mol. The van der Waals surface area contributed by atoms with Crippen LogP contribution in [0.2, 0.25) is 0 Å². The van der Waals surface area contributed by atoms with Crippen LogP contribution < -0.4 is 5.73 Å². The number of nitrogens with zero attached hydrogens (tertiary/aromatic N) is 2. The first-order valence-electron chi connectivity index (χ1n) is 1.90. The third-order valence-electron chi connectivity index (χ3n) is 0.684. The minimum atomic E-state index is 0.285. The first-order valence-corrected chi connectivity index (χ1v) is 2.69. The molecule has 1 heterocycles. The molecule has 44 valence electrons. The molecule has 0 amide bonds. The van der Waals surface area contributed by atoms with Gasteiger partial charge in [-0.15, -0.1) is 9.94 Å². The highest BCUT2D eigenvalue weighted by molar-refractivity contribution is 9.10. The van der Waals surface area contributed by atoms with Gasteiger partial charge in [-0.3, -0.25) is 0 Å². The van der Waals surface area contributed by atoms with E-state index in [9.17, 15) is 0 Å². The molecule has 1 aromatic rings. The lowest BCUT2D eigenvalue weighted by Gasteiger charge is -1.79. The highest BCUT2D eigenvalue weighted by Gasteiger charge is 1.97. The number of halogens is 1. The van der Waals surface area contributed by atoms with Crippen molar-refractivity contribution in [2.75, 3.05) is 5.73 Å². The summed E-state index contributed by atoms with van der Waals surface area (Å²) in [5, 5.41) is 11.9. The molecular formula is C3H4BrN3O. The zero-order chi connectivity index (χ0) is 6.15. The Morgan fingerprint density at radius 3 is 2.62 bits per heavy atom. The van der Waals surface area contributed by atoms with E-state index < -0.39 is 0 Å². The lowest BCUT2D eigenvalue weighted by atomic mass is 10.7. The number of nitrogen functional groups attached to an aromatic ring is 1. The molecule has 5 heteroatoms. The Hall–Kier alpha value is -0.710. The highest BCUT2D eigenvalue weighted by atomic mass is 79.9. The third kappa shape index (κ3) is 0.764. The minimum Gasteiger partial charge on any atom is -0.412 e. The molecule has 0 unspecified atom stereocenters. The smallest absolute Gasteiger partial charge is 0.163 e. The van der Waals surface area contributed by atoms with E-state index in [4.69, 9.17) is 10.9 Å². The van der Waals surface area contributed by atoms with Gasteiger partial charge in [-0.05, 0) is 15.9 Å². The van der Waals surface area contributed by atoms with Crippen molar-refractivity contribution in [2.45, 2.75) is 0 Å². The standard InChI is InChI=1S/C3H4BrN3O/c4-2-1-7(8)6-3(2)5/h1,8H,(H2,5,6). The molecule has 8 heavy (non-hydrogen) atoms. The number of rotatable bonds is 0. The predicted octanol–water partition coefficient (Wildman–Crippen LogP) is 0.465. The molecule has 0 atom stereocenters. The van der Waals surface area contributed by atoms with E-state index in [1.165, 1.54) is 6.20 Å². The number of hydrogen-bond acceptors (Lipinski definition) is 3. The van der Waals surface area contributed by atoms with Crippen molar-refractivity contribution < 1.29 is 5.21 Å². The predicted molar refractivity (Wildman–Crippen MR) is 31.5 cm³/mol. The van der Waals surface area contributed by atoms with E-state index in [2.05, 4.69) is 21.0 Å². The fraction of sp³-hybridized carbons (Fsp3) is 0. The molecule has 0 radical (unpaired) electrons. The van der Waals surface area contributed by atoms with Gasteiger partial charge >= 0.3 is 0 Å². The summed E-state index contributed by atoms with van der Waals surface area (Å²) in [6.45, 7) is 0. The molecule has 3 N–H and O–H groups in total. The summed E-state index contributed by atoms with van der Waals surface area (Å²) in [6, 6.07) is 0. The lowest BCUT2D eigenvalue weighted by molar-refractivity contribution is 0.149. The van der Waals surface area contributed by atoms with Crippen molar-refractivity contribution in [3.05, 3.63) is 10.7 Å². The quantitative estimate of drug-likeness (QED) is 0.567. The maximum Gasteiger partial charge on any atom is 0.163 e. The molecular weight excluding hydrogens is 174 g/mol. The molecule has 0 saturated heterocycles. The van der Waals surface area contributed by atoms with Crippen LogP contribution in [0.3, 0.4) is 0 Å². The number of nitrogens with two attached hydrogens (primary N) is 1. The van der Waals surface area contributed by atoms with Gasteiger partial charge in [0.25, 0.3) is 0 Å². The van der Waals surface area contributed by atoms with Crippen LogP contribution >= 0.6 is 15.9 Å². The maximum atomic E-state index is 8.53. The fourth-order valence-corrected chi connectivity index (χ4v) is 0.617.